The van der Waals surface area contributed by atoms with Gasteiger partial charge in [-0.1, -0.05) is 19.0 Å². The Morgan fingerprint density at radius 3 is 2.95 bits per heavy atom. The maximum absolute atomic E-state index is 5.20. The van der Waals surface area contributed by atoms with Crippen LogP contribution in [0.5, 0.6) is 0 Å². The number of piperazine rings is 1. The Morgan fingerprint density at radius 1 is 1.42 bits per heavy atom. The number of fused-ring (bicyclic) bond motifs is 1. The number of aromatic nitrogens is 1. The van der Waals surface area contributed by atoms with Crippen LogP contribution in [-0.2, 0) is 6.54 Å². The van der Waals surface area contributed by atoms with Crippen molar-refractivity contribution in [3.05, 3.63) is 17.5 Å². The first-order valence-electron chi connectivity index (χ1n) is 7.54. The molecule has 0 aliphatic carbocycles. The molecule has 19 heavy (non-hydrogen) atoms. The van der Waals surface area contributed by atoms with E-state index in [0.29, 0.717) is 12.0 Å². The number of aryl methyl sites for hydroxylation is 1. The van der Waals surface area contributed by atoms with Crippen LogP contribution < -0.4 is 0 Å². The Bertz CT molecular complexity index is 429. The lowest BCUT2D eigenvalue weighted by molar-refractivity contribution is 0.0226. The molecule has 4 nitrogen and oxygen atoms in total. The second-order valence-electron chi connectivity index (χ2n) is 6.46. The van der Waals surface area contributed by atoms with Crippen LogP contribution >= 0.6 is 0 Å². The third kappa shape index (κ3) is 2.70. The average molecular weight is 263 g/mol. The summed E-state index contributed by atoms with van der Waals surface area (Å²) in [5, 5.41) is 4.16. The zero-order chi connectivity index (χ0) is 13.4. The highest BCUT2D eigenvalue weighted by molar-refractivity contribution is 5.05. The molecule has 0 saturated carbocycles. The molecule has 2 saturated heterocycles. The lowest BCUT2D eigenvalue weighted by Crippen LogP contribution is -2.57. The van der Waals surface area contributed by atoms with E-state index in [2.05, 4.69) is 34.9 Å². The van der Waals surface area contributed by atoms with Gasteiger partial charge in [-0.15, -0.1) is 0 Å². The summed E-state index contributed by atoms with van der Waals surface area (Å²) in [6, 6.07) is 3.48. The smallest absolute Gasteiger partial charge is 0.133 e. The lowest BCUT2D eigenvalue weighted by atomic mass is 9.97. The fraction of sp³-hybridized carbons (Fsp3) is 0.800. The van der Waals surface area contributed by atoms with E-state index in [-0.39, 0.29) is 0 Å². The first kappa shape index (κ1) is 13.1. The van der Waals surface area contributed by atoms with Gasteiger partial charge in [-0.25, -0.2) is 0 Å². The predicted octanol–water partition coefficient (Wildman–Crippen LogP) is 2.29. The summed E-state index contributed by atoms with van der Waals surface area (Å²) in [6.45, 7) is 11.3. The summed E-state index contributed by atoms with van der Waals surface area (Å²) in [5.41, 5.74) is 1.08. The van der Waals surface area contributed by atoms with Crippen LogP contribution in [0, 0.1) is 12.8 Å². The van der Waals surface area contributed by atoms with Crippen molar-refractivity contribution in [2.24, 2.45) is 5.92 Å². The van der Waals surface area contributed by atoms with Gasteiger partial charge in [-0.05, 0) is 32.2 Å². The van der Waals surface area contributed by atoms with Gasteiger partial charge < -0.3 is 4.52 Å². The third-order valence-electron chi connectivity index (χ3n) is 4.65. The molecular formula is C15H25N3O. The zero-order valence-corrected chi connectivity index (χ0v) is 12.3. The molecule has 0 amide bonds. The van der Waals surface area contributed by atoms with Gasteiger partial charge in [0.25, 0.3) is 0 Å². The summed E-state index contributed by atoms with van der Waals surface area (Å²) >= 11 is 0. The molecule has 3 heterocycles. The SMILES string of the molecule is Cc1cc(CN2CC3CCCN3CC2C(C)C)no1. The molecule has 1 aromatic heterocycles. The highest BCUT2D eigenvalue weighted by Crippen LogP contribution is 2.28. The molecule has 2 unspecified atom stereocenters. The van der Waals surface area contributed by atoms with E-state index in [1.807, 2.05) is 6.92 Å². The first-order chi connectivity index (χ1) is 9.13. The van der Waals surface area contributed by atoms with Crippen LogP contribution in [0.15, 0.2) is 10.6 Å². The summed E-state index contributed by atoms with van der Waals surface area (Å²) in [4.78, 5) is 5.31. The second-order valence-corrected chi connectivity index (χ2v) is 6.46. The van der Waals surface area contributed by atoms with Crippen LogP contribution in [0.1, 0.15) is 38.1 Å². The fourth-order valence-electron chi connectivity index (χ4n) is 3.62. The number of hydrogen-bond donors (Lipinski definition) is 0. The number of hydrogen-bond acceptors (Lipinski definition) is 4. The molecule has 2 fully saturated rings. The third-order valence-corrected chi connectivity index (χ3v) is 4.65. The van der Waals surface area contributed by atoms with Crippen LogP contribution in [0.25, 0.3) is 0 Å². The maximum Gasteiger partial charge on any atom is 0.133 e. The summed E-state index contributed by atoms with van der Waals surface area (Å²) in [6.07, 6.45) is 2.73. The van der Waals surface area contributed by atoms with E-state index in [9.17, 15) is 0 Å². The van der Waals surface area contributed by atoms with Gasteiger partial charge in [0.15, 0.2) is 0 Å². The van der Waals surface area contributed by atoms with E-state index in [1.165, 1.54) is 32.5 Å². The predicted molar refractivity (Wildman–Crippen MR) is 74.9 cm³/mol. The summed E-state index contributed by atoms with van der Waals surface area (Å²) in [5.74, 6) is 1.60. The van der Waals surface area contributed by atoms with E-state index in [4.69, 9.17) is 4.52 Å². The normalized spacial score (nSPS) is 29.1. The lowest BCUT2D eigenvalue weighted by Gasteiger charge is -2.45. The minimum Gasteiger partial charge on any atom is -0.361 e. The van der Waals surface area contributed by atoms with Crippen LogP contribution in [0.3, 0.4) is 0 Å². The van der Waals surface area contributed by atoms with Crippen molar-refractivity contribution in [1.29, 1.82) is 0 Å². The largest absolute Gasteiger partial charge is 0.361 e. The zero-order valence-electron chi connectivity index (χ0n) is 12.3. The summed E-state index contributed by atoms with van der Waals surface area (Å²) < 4.78 is 5.20. The highest BCUT2D eigenvalue weighted by atomic mass is 16.5. The van der Waals surface area contributed by atoms with Crippen LogP contribution in [0.2, 0.25) is 0 Å². The molecule has 0 spiro atoms. The molecule has 106 valence electrons. The second kappa shape index (κ2) is 5.25. The van der Waals surface area contributed by atoms with E-state index in [0.717, 1.165) is 24.0 Å². The van der Waals surface area contributed by atoms with Crippen LogP contribution in [-0.4, -0.2) is 46.7 Å². The molecule has 0 aromatic carbocycles. The molecule has 0 N–H and O–H groups in total. The molecule has 0 bridgehead atoms. The van der Waals surface area contributed by atoms with E-state index >= 15 is 0 Å². The van der Waals surface area contributed by atoms with Crippen LogP contribution in [0.4, 0.5) is 0 Å². The van der Waals surface area contributed by atoms with Gasteiger partial charge in [0.05, 0.1) is 5.69 Å². The average Bonchev–Trinajstić information content (AvgIpc) is 2.96. The monoisotopic (exact) mass is 263 g/mol. The molecule has 2 aliphatic heterocycles. The van der Waals surface area contributed by atoms with Crippen molar-refractivity contribution in [1.82, 2.24) is 15.0 Å². The fourth-order valence-corrected chi connectivity index (χ4v) is 3.62. The molecular weight excluding hydrogens is 238 g/mol. The Kier molecular flexibility index (Phi) is 3.63. The molecule has 4 heteroatoms. The van der Waals surface area contributed by atoms with Gasteiger partial charge in [0.2, 0.25) is 0 Å². The Balaban J connectivity index is 1.73. The minimum absolute atomic E-state index is 0.645. The molecule has 3 rings (SSSR count). The summed E-state index contributed by atoms with van der Waals surface area (Å²) in [7, 11) is 0. The highest BCUT2D eigenvalue weighted by Gasteiger charge is 2.37. The molecule has 2 aliphatic rings. The Labute approximate surface area is 115 Å². The topological polar surface area (TPSA) is 32.5 Å². The minimum atomic E-state index is 0.645. The van der Waals surface area contributed by atoms with Gasteiger partial charge in [0, 0.05) is 37.8 Å². The number of rotatable bonds is 3. The molecule has 2 atom stereocenters. The first-order valence-corrected chi connectivity index (χ1v) is 7.54. The quantitative estimate of drug-likeness (QED) is 0.837. The molecule has 0 radical (unpaired) electrons. The van der Waals surface area contributed by atoms with E-state index in [1.54, 1.807) is 0 Å². The van der Waals surface area contributed by atoms with Crippen molar-refractivity contribution in [2.45, 2.75) is 52.2 Å². The standard InChI is InChI=1S/C15H25N3O/c1-11(2)15-10-17-6-4-5-14(17)9-18(15)8-13-7-12(3)19-16-13/h7,11,14-15H,4-6,8-10H2,1-3H3. The van der Waals surface area contributed by atoms with Crippen molar-refractivity contribution >= 4 is 0 Å². The molecule has 1 aromatic rings. The van der Waals surface area contributed by atoms with Gasteiger partial charge in [0.1, 0.15) is 5.76 Å². The van der Waals surface area contributed by atoms with Crippen molar-refractivity contribution in [3.8, 4) is 0 Å². The Morgan fingerprint density at radius 2 is 2.26 bits per heavy atom. The Hall–Kier alpha value is -0.870. The van der Waals surface area contributed by atoms with Crippen molar-refractivity contribution < 1.29 is 4.52 Å². The van der Waals surface area contributed by atoms with Gasteiger partial charge in [-0.3, -0.25) is 9.80 Å². The van der Waals surface area contributed by atoms with Crippen molar-refractivity contribution in [2.75, 3.05) is 19.6 Å². The number of nitrogens with zero attached hydrogens (tertiary/aromatic N) is 3. The van der Waals surface area contributed by atoms with Gasteiger partial charge >= 0.3 is 0 Å². The van der Waals surface area contributed by atoms with E-state index < -0.39 is 0 Å². The van der Waals surface area contributed by atoms with Gasteiger partial charge in [-0.2, -0.15) is 0 Å². The maximum atomic E-state index is 5.20. The van der Waals surface area contributed by atoms with Crippen molar-refractivity contribution in [3.63, 3.8) is 0 Å².